The molecule has 3 heterocycles. The maximum absolute atomic E-state index is 6.00. The molecule has 7 nitrogen and oxygen atoms in total. The Bertz CT molecular complexity index is 836. The van der Waals surface area contributed by atoms with Crippen LogP contribution in [0.25, 0.3) is 11.3 Å². The van der Waals surface area contributed by atoms with Gasteiger partial charge in [-0.1, -0.05) is 40.7 Å². The molecule has 3 aromatic rings. The third-order valence-electron chi connectivity index (χ3n) is 4.57. The number of fused-ring (bicyclic) bond motifs is 1. The number of benzene rings is 1. The van der Waals surface area contributed by atoms with Gasteiger partial charge in [-0.25, -0.2) is 4.68 Å². The van der Waals surface area contributed by atoms with Crippen molar-refractivity contribution >= 4 is 0 Å². The van der Waals surface area contributed by atoms with Crippen LogP contribution >= 0.6 is 0 Å². The average molecular weight is 339 g/mol. The van der Waals surface area contributed by atoms with Gasteiger partial charge in [0.25, 0.3) is 0 Å². The molecular weight excluding hydrogens is 318 g/mol. The highest BCUT2D eigenvalue weighted by molar-refractivity contribution is 5.61. The third kappa shape index (κ3) is 3.20. The summed E-state index contributed by atoms with van der Waals surface area (Å²) >= 11 is 0. The van der Waals surface area contributed by atoms with E-state index in [2.05, 4.69) is 20.8 Å². The second-order valence-electron chi connectivity index (χ2n) is 6.30. The van der Waals surface area contributed by atoms with Crippen molar-refractivity contribution in [2.45, 2.75) is 39.6 Å². The smallest absolute Gasteiger partial charge is 0.138 e. The fourth-order valence-electron chi connectivity index (χ4n) is 3.12. The van der Waals surface area contributed by atoms with Gasteiger partial charge in [0, 0.05) is 24.2 Å². The molecule has 0 bridgehead atoms. The van der Waals surface area contributed by atoms with E-state index in [1.54, 1.807) is 0 Å². The molecule has 1 aromatic carbocycles. The van der Waals surface area contributed by atoms with Crippen molar-refractivity contribution in [3.05, 3.63) is 53.0 Å². The van der Waals surface area contributed by atoms with Crippen LogP contribution in [0.4, 0.5) is 0 Å². The SMILES string of the molecule is Cc1noc(C)c1CNCC1Cn2nnc(-c3ccccc3)c2CO1. The van der Waals surface area contributed by atoms with Crippen LogP contribution in [0.15, 0.2) is 34.9 Å². The first-order chi connectivity index (χ1) is 12.2. The molecule has 1 N–H and O–H groups in total. The number of aryl methyl sites for hydroxylation is 2. The Morgan fingerprint density at radius 1 is 1.24 bits per heavy atom. The summed E-state index contributed by atoms with van der Waals surface area (Å²) in [5.41, 5.74) is 5.06. The number of aromatic nitrogens is 4. The lowest BCUT2D eigenvalue weighted by atomic mass is 10.1. The maximum atomic E-state index is 6.00. The van der Waals surface area contributed by atoms with Crippen molar-refractivity contribution in [2.24, 2.45) is 0 Å². The second-order valence-corrected chi connectivity index (χ2v) is 6.30. The molecule has 0 aliphatic carbocycles. The second kappa shape index (κ2) is 6.78. The zero-order chi connectivity index (χ0) is 17.2. The lowest BCUT2D eigenvalue weighted by Crippen LogP contribution is -2.36. The van der Waals surface area contributed by atoms with Crippen molar-refractivity contribution in [3.8, 4) is 11.3 Å². The Kier molecular flexibility index (Phi) is 4.33. The molecule has 4 rings (SSSR count). The van der Waals surface area contributed by atoms with Crippen molar-refractivity contribution in [3.63, 3.8) is 0 Å². The van der Waals surface area contributed by atoms with E-state index >= 15 is 0 Å². The molecule has 7 heteroatoms. The molecule has 0 saturated carbocycles. The number of hydrogen-bond donors (Lipinski definition) is 1. The fourth-order valence-corrected chi connectivity index (χ4v) is 3.12. The quantitative estimate of drug-likeness (QED) is 0.768. The van der Waals surface area contributed by atoms with E-state index in [-0.39, 0.29) is 6.10 Å². The molecule has 0 saturated heterocycles. The van der Waals surface area contributed by atoms with Gasteiger partial charge >= 0.3 is 0 Å². The van der Waals surface area contributed by atoms with E-state index in [0.29, 0.717) is 13.2 Å². The van der Waals surface area contributed by atoms with E-state index in [1.165, 1.54) is 0 Å². The zero-order valence-electron chi connectivity index (χ0n) is 14.4. The minimum absolute atomic E-state index is 0.0679. The van der Waals surface area contributed by atoms with Gasteiger partial charge in [-0.05, 0) is 13.8 Å². The van der Waals surface area contributed by atoms with Gasteiger partial charge in [0.2, 0.25) is 0 Å². The lowest BCUT2D eigenvalue weighted by Gasteiger charge is -2.24. The molecule has 0 amide bonds. The largest absolute Gasteiger partial charge is 0.369 e. The Morgan fingerprint density at radius 2 is 2.08 bits per heavy atom. The summed E-state index contributed by atoms with van der Waals surface area (Å²) in [5, 5.41) is 16.0. The molecule has 25 heavy (non-hydrogen) atoms. The fraction of sp³-hybridized carbons (Fsp3) is 0.389. The summed E-state index contributed by atoms with van der Waals surface area (Å²) in [6.07, 6.45) is 0.0679. The van der Waals surface area contributed by atoms with E-state index in [0.717, 1.165) is 47.1 Å². The standard InChI is InChI=1S/C18H21N5O2/c1-12-16(13(2)25-21-12)9-19-8-15-10-23-17(11-24-15)18(20-22-23)14-6-4-3-5-7-14/h3-7,15,19H,8-11H2,1-2H3. The normalized spacial score (nSPS) is 16.8. The molecule has 0 radical (unpaired) electrons. The summed E-state index contributed by atoms with van der Waals surface area (Å²) in [6.45, 7) is 6.57. The molecule has 0 spiro atoms. The van der Waals surface area contributed by atoms with Crippen molar-refractivity contribution < 1.29 is 9.26 Å². The van der Waals surface area contributed by atoms with E-state index in [4.69, 9.17) is 9.26 Å². The number of nitrogens with zero attached hydrogens (tertiary/aromatic N) is 4. The molecule has 1 unspecified atom stereocenters. The molecule has 2 aromatic heterocycles. The van der Waals surface area contributed by atoms with E-state index in [9.17, 15) is 0 Å². The highest BCUT2D eigenvalue weighted by Gasteiger charge is 2.24. The van der Waals surface area contributed by atoms with Crippen molar-refractivity contribution in [2.75, 3.05) is 6.54 Å². The monoisotopic (exact) mass is 339 g/mol. The Labute approximate surface area is 146 Å². The minimum Gasteiger partial charge on any atom is -0.369 e. The van der Waals surface area contributed by atoms with Gasteiger partial charge in [0.05, 0.1) is 30.6 Å². The van der Waals surface area contributed by atoms with Crippen LogP contribution in [0, 0.1) is 13.8 Å². The molecule has 1 aliphatic rings. The number of rotatable bonds is 5. The van der Waals surface area contributed by atoms with Crippen molar-refractivity contribution in [1.82, 2.24) is 25.5 Å². The van der Waals surface area contributed by atoms with E-state index < -0.39 is 0 Å². The van der Waals surface area contributed by atoms with Gasteiger partial charge in [0.15, 0.2) is 0 Å². The predicted molar refractivity (Wildman–Crippen MR) is 91.7 cm³/mol. The molecule has 0 fully saturated rings. The Balaban J connectivity index is 1.38. The Morgan fingerprint density at radius 3 is 2.84 bits per heavy atom. The average Bonchev–Trinajstić information content (AvgIpc) is 3.20. The summed E-state index contributed by atoms with van der Waals surface area (Å²) in [4.78, 5) is 0. The molecule has 130 valence electrons. The van der Waals surface area contributed by atoms with Crippen LogP contribution in [0.1, 0.15) is 22.7 Å². The molecule has 1 aliphatic heterocycles. The van der Waals surface area contributed by atoms with Crippen LogP contribution in [0.2, 0.25) is 0 Å². The number of nitrogens with one attached hydrogen (secondary N) is 1. The number of ether oxygens (including phenoxy) is 1. The summed E-state index contributed by atoms with van der Waals surface area (Å²) in [5.74, 6) is 0.862. The predicted octanol–water partition coefficient (Wildman–Crippen LogP) is 2.24. The third-order valence-corrected chi connectivity index (χ3v) is 4.57. The van der Waals surface area contributed by atoms with Crippen LogP contribution in [-0.4, -0.2) is 32.8 Å². The van der Waals surface area contributed by atoms with E-state index in [1.807, 2.05) is 48.9 Å². The van der Waals surface area contributed by atoms with Gasteiger partial charge in [0.1, 0.15) is 11.5 Å². The first kappa shape index (κ1) is 16.0. The van der Waals surface area contributed by atoms with Crippen molar-refractivity contribution in [1.29, 1.82) is 0 Å². The summed E-state index contributed by atoms with van der Waals surface area (Å²) in [7, 11) is 0. The molecular formula is C18H21N5O2. The van der Waals surface area contributed by atoms with Crippen LogP contribution < -0.4 is 5.32 Å². The van der Waals surface area contributed by atoms with Crippen LogP contribution in [-0.2, 0) is 24.4 Å². The topological polar surface area (TPSA) is 78.0 Å². The van der Waals surface area contributed by atoms with Gasteiger partial charge < -0.3 is 14.6 Å². The first-order valence-electron chi connectivity index (χ1n) is 8.44. The van der Waals surface area contributed by atoms with Crippen LogP contribution in [0.3, 0.4) is 0 Å². The maximum Gasteiger partial charge on any atom is 0.138 e. The summed E-state index contributed by atoms with van der Waals surface area (Å²) in [6, 6.07) is 10.1. The van der Waals surface area contributed by atoms with Crippen LogP contribution in [0.5, 0.6) is 0 Å². The molecule has 1 atom stereocenters. The number of hydrogen-bond acceptors (Lipinski definition) is 6. The zero-order valence-corrected chi connectivity index (χ0v) is 14.4. The van der Waals surface area contributed by atoms with Gasteiger partial charge in [-0.2, -0.15) is 0 Å². The van der Waals surface area contributed by atoms with Gasteiger partial charge in [-0.3, -0.25) is 0 Å². The highest BCUT2D eigenvalue weighted by atomic mass is 16.5. The summed E-state index contributed by atoms with van der Waals surface area (Å²) < 4.78 is 13.1. The lowest BCUT2D eigenvalue weighted by molar-refractivity contribution is 0.00123. The Hall–Kier alpha value is -2.51. The minimum atomic E-state index is 0.0679. The first-order valence-corrected chi connectivity index (χ1v) is 8.44. The van der Waals surface area contributed by atoms with Gasteiger partial charge in [-0.15, -0.1) is 5.10 Å². The highest BCUT2D eigenvalue weighted by Crippen LogP contribution is 2.24.